The highest BCUT2D eigenvalue weighted by molar-refractivity contribution is 6.30. The Morgan fingerprint density at radius 3 is 2.65 bits per heavy atom. The van der Waals surface area contributed by atoms with E-state index in [2.05, 4.69) is 38.2 Å². The van der Waals surface area contributed by atoms with Gasteiger partial charge < -0.3 is 5.32 Å². The van der Waals surface area contributed by atoms with E-state index >= 15 is 0 Å². The van der Waals surface area contributed by atoms with Crippen LogP contribution in [0.3, 0.4) is 0 Å². The molecule has 1 aromatic carbocycles. The first-order valence-electron chi connectivity index (χ1n) is 8.02. The van der Waals surface area contributed by atoms with E-state index in [1.54, 1.807) is 0 Å². The first-order chi connectivity index (χ1) is 9.47. The van der Waals surface area contributed by atoms with Crippen molar-refractivity contribution in [2.75, 3.05) is 0 Å². The Morgan fingerprint density at radius 1 is 1.25 bits per heavy atom. The Hall–Kier alpha value is -0.530. The third-order valence-electron chi connectivity index (χ3n) is 5.38. The van der Waals surface area contributed by atoms with Gasteiger partial charge in [0.05, 0.1) is 0 Å². The zero-order valence-electron chi connectivity index (χ0n) is 12.9. The van der Waals surface area contributed by atoms with Gasteiger partial charge in [-0.2, -0.15) is 0 Å². The van der Waals surface area contributed by atoms with E-state index in [4.69, 9.17) is 11.6 Å². The summed E-state index contributed by atoms with van der Waals surface area (Å²) < 4.78 is 0. The fourth-order valence-electron chi connectivity index (χ4n) is 4.18. The summed E-state index contributed by atoms with van der Waals surface area (Å²) in [6.45, 7) is 7.12. The van der Waals surface area contributed by atoms with Gasteiger partial charge in [0.2, 0.25) is 0 Å². The van der Waals surface area contributed by atoms with Crippen molar-refractivity contribution in [2.45, 2.75) is 65.0 Å². The normalized spacial score (nSPS) is 26.7. The molecule has 2 atom stereocenters. The van der Waals surface area contributed by atoms with Crippen molar-refractivity contribution >= 4 is 11.6 Å². The second-order valence-corrected chi connectivity index (χ2v) is 7.88. The van der Waals surface area contributed by atoms with Crippen LogP contribution in [0, 0.1) is 11.3 Å². The van der Waals surface area contributed by atoms with Gasteiger partial charge in [-0.15, -0.1) is 0 Å². The van der Waals surface area contributed by atoms with Gasteiger partial charge in [-0.25, -0.2) is 0 Å². The summed E-state index contributed by atoms with van der Waals surface area (Å²) in [5.41, 5.74) is 3.17. The number of hydrogen-bond acceptors (Lipinski definition) is 1. The lowest BCUT2D eigenvalue weighted by molar-refractivity contribution is 0.226. The molecule has 1 fully saturated rings. The molecule has 0 amide bonds. The van der Waals surface area contributed by atoms with Gasteiger partial charge in [0, 0.05) is 17.1 Å². The maximum Gasteiger partial charge on any atom is 0.0409 e. The minimum Gasteiger partial charge on any atom is -0.307 e. The minimum absolute atomic E-state index is 0.278. The summed E-state index contributed by atoms with van der Waals surface area (Å²) in [7, 11) is 0. The molecule has 0 heterocycles. The first kappa shape index (κ1) is 14.4. The molecule has 0 radical (unpaired) electrons. The molecule has 0 spiro atoms. The Balaban J connectivity index is 1.82. The zero-order chi connectivity index (χ0) is 14.3. The monoisotopic (exact) mass is 291 g/mol. The van der Waals surface area contributed by atoms with Gasteiger partial charge in [-0.1, -0.05) is 44.4 Å². The van der Waals surface area contributed by atoms with E-state index in [1.807, 2.05) is 6.07 Å². The smallest absolute Gasteiger partial charge is 0.0409 e. The maximum absolute atomic E-state index is 6.22. The number of nitrogens with one attached hydrogen (secondary N) is 1. The average Bonchev–Trinajstić information content (AvgIpc) is 2.98. The molecule has 1 aromatic rings. The molecule has 0 bridgehead atoms. The molecule has 2 aliphatic rings. The van der Waals surface area contributed by atoms with Crippen LogP contribution >= 0.6 is 11.6 Å². The van der Waals surface area contributed by atoms with Gasteiger partial charge in [0.1, 0.15) is 0 Å². The maximum atomic E-state index is 6.22. The highest BCUT2D eigenvalue weighted by Crippen LogP contribution is 2.46. The molecule has 1 saturated carbocycles. The van der Waals surface area contributed by atoms with Crippen LogP contribution < -0.4 is 5.32 Å². The fourth-order valence-corrected chi connectivity index (χ4v) is 4.36. The predicted molar refractivity (Wildman–Crippen MR) is 86.2 cm³/mol. The molecule has 1 unspecified atom stereocenters. The largest absolute Gasteiger partial charge is 0.307 e. The quantitative estimate of drug-likeness (QED) is 0.814. The number of fused-ring (bicyclic) bond motifs is 1. The van der Waals surface area contributed by atoms with Crippen LogP contribution in [0.4, 0.5) is 0 Å². The van der Waals surface area contributed by atoms with Crippen molar-refractivity contribution in [3.05, 3.63) is 34.3 Å². The van der Waals surface area contributed by atoms with Crippen molar-refractivity contribution in [1.29, 1.82) is 0 Å². The van der Waals surface area contributed by atoms with Crippen molar-refractivity contribution in [2.24, 2.45) is 11.3 Å². The average molecular weight is 292 g/mol. The van der Waals surface area contributed by atoms with E-state index < -0.39 is 0 Å². The van der Waals surface area contributed by atoms with Crippen LogP contribution in [0.15, 0.2) is 18.2 Å². The first-order valence-corrected chi connectivity index (χ1v) is 8.39. The van der Waals surface area contributed by atoms with Crippen LogP contribution in [-0.2, 0) is 6.42 Å². The Morgan fingerprint density at radius 2 is 1.95 bits per heavy atom. The number of rotatable bonds is 3. The Bertz CT molecular complexity index is 488. The van der Waals surface area contributed by atoms with Gasteiger partial charge >= 0.3 is 0 Å². The minimum atomic E-state index is 0.278. The lowest BCUT2D eigenvalue weighted by Gasteiger charge is -2.33. The molecular weight excluding hydrogens is 266 g/mol. The predicted octanol–water partition coefficient (Wildman–Crippen LogP) is 5.13. The fraction of sp³-hybridized carbons (Fsp3) is 0.667. The van der Waals surface area contributed by atoms with Crippen LogP contribution in [0.25, 0.3) is 0 Å². The summed E-state index contributed by atoms with van der Waals surface area (Å²) >= 11 is 6.22. The molecular formula is C18H26ClN. The van der Waals surface area contributed by atoms with E-state index in [9.17, 15) is 0 Å². The molecule has 0 saturated heterocycles. The molecule has 1 N–H and O–H groups in total. The highest BCUT2D eigenvalue weighted by Gasteiger charge is 2.40. The SMILES string of the molecule is C[C@@H](NC1c2cc(Cl)ccc2CC1(C)C)C1CCCC1. The van der Waals surface area contributed by atoms with Crippen molar-refractivity contribution in [3.8, 4) is 0 Å². The summed E-state index contributed by atoms with van der Waals surface area (Å²) in [4.78, 5) is 0. The summed E-state index contributed by atoms with van der Waals surface area (Å²) in [5, 5.41) is 4.80. The highest BCUT2D eigenvalue weighted by atomic mass is 35.5. The number of halogens is 1. The van der Waals surface area contributed by atoms with Gasteiger partial charge in [-0.3, -0.25) is 0 Å². The zero-order valence-corrected chi connectivity index (χ0v) is 13.6. The van der Waals surface area contributed by atoms with Crippen molar-refractivity contribution in [1.82, 2.24) is 5.32 Å². The molecule has 3 rings (SSSR count). The topological polar surface area (TPSA) is 12.0 Å². The van der Waals surface area contributed by atoms with Crippen LogP contribution in [0.5, 0.6) is 0 Å². The lowest BCUT2D eigenvalue weighted by atomic mass is 9.84. The summed E-state index contributed by atoms with van der Waals surface area (Å²) in [6.07, 6.45) is 6.75. The van der Waals surface area contributed by atoms with E-state index in [0.717, 1.165) is 17.4 Å². The molecule has 110 valence electrons. The van der Waals surface area contributed by atoms with Gasteiger partial charge in [0.15, 0.2) is 0 Å². The standard InChI is InChI=1S/C18H26ClN/c1-12(13-6-4-5-7-13)20-17-16-10-15(19)9-8-14(16)11-18(17,2)3/h8-10,12-13,17,20H,4-7,11H2,1-3H3/t12-,17?/m1/s1. The van der Waals surface area contributed by atoms with Crippen LogP contribution in [-0.4, -0.2) is 6.04 Å². The second kappa shape index (κ2) is 5.35. The molecule has 2 heteroatoms. The Labute approximate surface area is 128 Å². The molecule has 1 nitrogen and oxygen atoms in total. The van der Waals surface area contributed by atoms with Gasteiger partial charge in [0.25, 0.3) is 0 Å². The van der Waals surface area contributed by atoms with E-state index in [-0.39, 0.29) is 5.41 Å². The third-order valence-corrected chi connectivity index (χ3v) is 5.62. The Kier molecular flexibility index (Phi) is 3.85. The van der Waals surface area contributed by atoms with Crippen molar-refractivity contribution in [3.63, 3.8) is 0 Å². The van der Waals surface area contributed by atoms with Crippen LogP contribution in [0.1, 0.15) is 63.6 Å². The second-order valence-electron chi connectivity index (χ2n) is 7.44. The molecule has 2 aliphatic carbocycles. The van der Waals surface area contributed by atoms with E-state index in [1.165, 1.54) is 36.8 Å². The molecule has 0 aliphatic heterocycles. The van der Waals surface area contributed by atoms with E-state index in [0.29, 0.717) is 12.1 Å². The molecule has 0 aromatic heterocycles. The summed E-state index contributed by atoms with van der Waals surface area (Å²) in [6, 6.07) is 7.45. The number of hydrogen-bond donors (Lipinski definition) is 1. The van der Waals surface area contributed by atoms with Crippen molar-refractivity contribution < 1.29 is 0 Å². The summed E-state index contributed by atoms with van der Waals surface area (Å²) in [5.74, 6) is 0.856. The lowest BCUT2D eigenvalue weighted by Crippen LogP contribution is -2.40. The van der Waals surface area contributed by atoms with Gasteiger partial charge in [-0.05, 0) is 60.8 Å². The third kappa shape index (κ3) is 2.63. The van der Waals surface area contributed by atoms with Crippen LogP contribution in [0.2, 0.25) is 5.02 Å². The number of benzene rings is 1. The molecule has 20 heavy (non-hydrogen) atoms.